The van der Waals surface area contributed by atoms with E-state index >= 15 is 0 Å². The zero-order valence-corrected chi connectivity index (χ0v) is 10.6. The maximum Gasteiger partial charge on any atom is 0.131 e. The number of allylic oxidation sites excluding steroid dienone is 4. The minimum Gasteiger partial charge on any atom is -0.206 e. The summed E-state index contributed by atoms with van der Waals surface area (Å²) in [4.78, 5) is 0. The summed E-state index contributed by atoms with van der Waals surface area (Å²) in [6.45, 7) is 4.27. The molecule has 0 aliphatic heterocycles. The van der Waals surface area contributed by atoms with E-state index in [0.29, 0.717) is 5.39 Å². The average Bonchev–Trinajstić information content (AvgIpc) is 2.69. The topological polar surface area (TPSA) is 0 Å². The Morgan fingerprint density at radius 2 is 1.67 bits per heavy atom. The highest BCUT2D eigenvalue weighted by Crippen LogP contribution is 2.36. The summed E-state index contributed by atoms with van der Waals surface area (Å²) >= 11 is 0. The summed E-state index contributed by atoms with van der Waals surface area (Å²) in [7, 11) is 0. The zero-order valence-electron chi connectivity index (χ0n) is 10.6. The van der Waals surface area contributed by atoms with E-state index in [1.54, 1.807) is 6.07 Å². The molecule has 0 unspecified atom stereocenters. The van der Waals surface area contributed by atoms with Crippen LogP contribution in [0, 0.1) is 5.82 Å². The largest absolute Gasteiger partial charge is 0.206 e. The highest BCUT2D eigenvalue weighted by atomic mass is 19.1. The third kappa shape index (κ3) is 1.67. The van der Waals surface area contributed by atoms with E-state index in [4.69, 9.17) is 0 Å². The van der Waals surface area contributed by atoms with Crippen molar-refractivity contribution in [1.29, 1.82) is 0 Å². The van der Waals surface area contributed by atoms with Crippen LogP contribution >= 0.6 is 0 Å². The van der Waals surface area contributed by atoms with E-state index in [0.717, 1.165) is 17.4 Å². The van der Waals surface area contributed by atoms with Gasteiger partial charge in [-0.15, -0.1) is 0 Å². The maximum atomic E-state index is 13.8. The van der Waals surface area contributed by atoms with Crippen LogP contribution in [0.25, 0.3) is 16.3 Å². The van der Waals surface area contributed by atoms with Crippen LogP contribution in [0.15, 0.2) is 53.6 Å². The van der Waals surface area contributed by atoms with E-state index in [1.165, 1.54) is 16.7 Å². The van der Waals surface area contributed by atoms with Crippen molar-refractivity contribution in [3.05, 3.63) is 65.0 Å². The molecule has 0 saturated carbocycles. The van der Waals surface area contributed by atoms with Crippen molar-refractivity contribution < 1.29 is 4.39 Å². The second-order valence-corrected chi connectivity index (χ2v) is 4.97. The van der Waals surface area contributed by atoms with Crippen LogP contribution in [0.2, 0.25) is 0 Å². The van der Waals surface area contributed by atoms with Crippen molar-refractivity contribution in [1.82, 2.24) is 0 Å². The third-order valence-corrected chi connectivity index (χ3v) is 3.59. The molecule has 0 aromatic heterocycles. The molecule has 0 radical (unpaired) electrons. The lowest BCUT2D eigenvalue weighted by Gasteiger charge is -2.10. The molecule has 0 heterocycles. The molecule has 0 fully saturated rings. The van der Waals surface area contributed by atoms with Crippen molar-refractivity contribution in [2.75, 3.05) is 0 Å². The number of benzene rings is 2. The smallest absolute Gasteiger partial charge is 0.131 e. The molecule has 0 amide bonds. The van der Waals surface area contributed by atoms with E-state index < -0.39 is 0 Å². The van der Waals surface area contributed by atoms with Crippen LogP contribution in [-0.4, -0.2) is 0 Å². The first-order valence-corrected chi connectivity index (χ1v) is 6.21. The SMILES string of the molecule is CC1=CC(C)=C(c2ccc(F)c3ccccc23)C1. The molecule has 1 heteroatoms. The molecule has 1 aliphatic carbocycles. The van der Waals surface area contributed by atoms with Gasteiger partial charge in [-0.25, -0.2) is 4.39 Å². The Labute approximate surface area is 106 Å². The van der Waals surface area contributed by atoms with Crippen LogP contribution in [0.5, 0.6) is 0 Å². The maximum absolute atomic E-state index is 13.8. The van der Waals surface area contributed by atoms with Gasteiger partial charge in [-0.3, -0.25) is 0 Å². The number of hydrogen-bond donors (Lipinski definition) is 0. The fraction of sp³-hybridized carbons (Fsp3) is 0.176. The third-order valence-electron chi connectivity index (χ3n) is 3.59. The number of halogens is 1. The normalized spacial score (nSPS) is 15.4. The highest BCUT2D eigenvalue weighted by Gasteiger charge is 2.15. The first-order chi connectivity index (χ1) is 8.66. The van der Waals surface area contributed by atoms with Crippen LogP contribution in [-0.2, 0) is 0 Å². The Hall–Kier alpha value is -1.89. The second-order valence-electron chi connectivity index (χ2n) is 4.97. The van der Waals surface area contributed by atoms with Crippen molar-refractivity contribution in [2.24, 2.45) is 0 Å². The summed E-state index contributed by atoms with van der Waals surface area (Å²) in [6.07, 6.45) is 3.19. The zero-order chi connectivity index (χ0) is 12.7. The molecule has 0 saturated heterocycles. The standard InChI is InChI=1S/C17H15F/c1-11-9-12(2)16(10-11)14-7-8-17(18)15-6-4-3-5-13(14)15/h3-9H,10H2,1-2H3. The predicted molar refractivity (Wildman–Crippen MR) is 74.9 cm³/mol. The van der Waals surface area contributed by atoms with Crippen LogP contribution in [0.4, 0.5) is 4.39 Å². The van der Waals surface area contributed by atoms with Gasteiger partial charge >= 0.3 is 0 Å². The Morgan fingerprint density at radius 1 is 0.944 bits per heavy atom. The van der Waals surface area contributed by atoms with Gasteiger partial charge in [0.25, 0.3) is 0 Å². The Kier molecular flexibility index (Phi) is 2.55. The quantitative estimate of drug-likeness (QED) is 0.648. The minimum atomic E-state index is -0.143. The van der Waals surface area contributed by atoms with E-state index in [9.17, 15) is 4.39 Å². The van der Waals surface area contributed by atoms with Gasteiger partial charge in [-0.2, -0.15) is 0 Å². The van der Waals surface area contributed by atoms with Gasteiger partial charge in [-0.05, 0) is 48.4 Å². The first kappa shape index (κ1) is 11.2. The van der Waals surface area contributed by atoms with Crippen molar-refractivity contribution >= 4 is 16.3 Å². The lowest BCUT2D eigenvalue weighted by Crippen LogP contribution is -1.89. The van der Waals surface area contributed by atoms with Gasteiger partial charge in [-0.1, -0.05) is 42.0 Å². The van der Waals surface area contributed by atoms with E-state index in [1.807, 2.05) is 30.3 Å². The summed E-state index contributed by atoms with van der Waals surface area (Å²) in [6, 6.07) is 11.2. The van der Waals surface area contributed by atoms with Gasteiger partial charge in [0.15, 0.2) is 0 Å². The summed E-state index contributed by atoms with van der Waals surface area (Å²) in [5.74, 6) is -0.143. The lowest BCUT2D eigenvalue weighted by molar-refractivity contribution is 0.640. The molecule has 2 aromatic carbocycles. The van der Waals surface area contributed by atoms with Crippen molar-refractivity contribution in [3.8, 4) is 0 Å². The molecular formula is C17H15F. The Balaban J connectivity index is 2.26. The van der Waals surface area contributed by atoms with Crippen molar-refractivity contribution in [2.45, 2.75) is 20.3 Å². The molecule has 1 aliphatic rings. The molecule has 0 atom stereocenters. The molecule has 0 bridgehead atoms. The molecule has 0 spiro atoms. The second kappa shape index (κ2) is 4.09. The number of hydrogen-bond acceptors (Lipinski definition) is 0. The van der Waals surface area contributed by atoms with Gasteiger partial charge in [0.05, 0.1) is 0 Å². The van der Waals surface area contributed by atoms with Crippen LogP contribution in [0.3, 0.4) is 0 Å². The predicted octanol–water partition coefficient (Wildman–Crippen LogP) is 5.10. The fourth-order valence-corrected chi connectivity index (χ4v) is 2.76. The fourth-order valence-electron chi connectivity index (χ4n) is 2.76. The first-order valence-electron chi connectivity index (χ1n) is 6.21. The number of fused-ring (bicyclic) bond motifs is 1. The van der Waals surface area contributed by atoms with Crippen molar-refractivity contribution in [3.63, 3.8) is 0 Å². The minimum absolute atomic E-state index is 0.143. The highest BCUT2D eigenvalue weighted by molar-refractivity contribution is 5.96. The molecular weight excluding hydrogens is 223 g/mol. The monoisotopic (exact) mass is 238 g/mol. The molecule has 0 nitrogen and oxygen atoms in total. The van der Waals surface area contributed by atoms with Gasteiger partial charge < -0.3 is 0 Å². The molecule has 2 aromatic rings. The Morgan fingerprint density at radius 3 is 2.33 bits per heavy atom. The number of rotatable bonds is 1. The average molecular weight is 238 g/mol. The van der Waals surface area contributed by atoms with E-state index in [2.05, 4.69) is 19.9 Å². The van der Waals surface area contributed by atoms with Crippen LogP contribution in [0.1, 0.15) is 25.8 Å². The molecule has 3 rings (SSSR count). The summed E-state index contributed by atoms with van der Waals surface area (Å²) < 4.78 is 13.8. The van der Waals surface area contributed by atoms with Gasteiger partial charge in [0.2, 0.25) is 0 Å². The van der Waals surface area contributed by atoms with Gasteiger partial charge in [0, 0.05) is 5.39 Å². The van der Waals surface area contributed by atoms with E-state index in [-0.39, 0.29) is 5.82 Å². The molecule has 0 N–H and O–H groups in total. The lowest BCUT2D eigenvalue weighted by atomic mass is 9.95. The van der Waals surface area contributed by atoms with Crippen LogP contribution < -0.4 is 0 Å². The summed E-state index contributed by atoms with van der Waals surface area (Å²) in [5.41, 5.74) is 5.15. The molecule has 18 heavy (non-hydrogen) atoms. The molecule has 90 valence electrons. The summed E-state index contributed by atoms with van der Waals surface area (Å²) in [5, 5.41) is 1.72. The van der Waals surface area contributed by atoms with Gasteiger partial charge in [0.1, 0.15) is 5.82 Å². The Bertz CT molecular complexity index is 690.